The van der Waals surface area contributed by atoms with Crippen molar-refractivity contribution in [1.82, 2.24) is 20.3 Å². The van der Waals surface area contributed by atoms with E-state index in [0.717, 1.165) is 37.1 Å². The fourth-order valence-corrected chi connectivity index (χ4v) is 2.87. The summed E-state index contributed by atoms with van der Waals surface area (Å²) in [5, 5.41) is 11.2. The Labute approximate surface area is 129 Å². The molecule has 0 spiro atoms. The molecule has 0 aliphatic heterocycles. The minimum absolute atomic E-state index is 0.153. The number of nitrogens with one attached hydrogen (secondary N) is 1. The molecule has 1 aliphatic rings. The van der Waals surface area contributed by atoms with E-state index in [9.17, 15) is 4.79 Å². The maximum Gasteiger partial charge on any atom is 0.273 e. The maximum atomic E-state index is 12.4. The smallest absolute Gasteiger partial charge is 0.273 e. The Kier molecular flexibility index (Phi) is 4.20. The molecule has 1 aromatic heterocycles. The van der Waals surface area contributed by atoms with Gasteiger partial charge >= 0.3 is 0 Å². The van der Waals surface area contributed by atoms with Crippen molar-refractivity contribution in [2.75, 3.05) is 0 Å². The van der Waals surface area contributed by atoms with Gasteiger partial charge in [0.25, 0.3) is 5.91 Å². The van der Waals surface area contributed by atoms with Crippen LogP contribution in [0, 0.1) is 6.92 Å². The van der Waals surface area contributed by atoms with Gasteiger partial charge in [-0.2, -0.15) is 0 Å². The van der Waals surface area contributed by atoms with E-state index in [0.29, 0.717) is 5.69 Å². The summed E-state index contributed by atoms with van der Waals surface area (Å²) in [6.07, 6.45) is 3.78. The van der Waals surface area contributed by atoms with Crippen LogP contribution in [0.3, 0.4) is 0 Å². The van der Waals surface area contributed by atoms with Gasteiger partial charge in [-0.1, -0.05) is 23.4 Å². The summed E-state index contributed by atoms with van der Waals surface area (Å²) in [5.74, 6) is -0.153. The van der Waals surface area contributed by atoms with Crippen molar-refractivity contribution < 1.29 is 4.79 Å². The molecule has 1 fully saturated rings. The number of hydrogen-bond acceptors (Lipinski definition) is 4. The van der Waals surface area contributed by atoms with Crippen LogP contribution in [-0.4, -0.2) is 33.0 Å². The van der Waals surface area contributed by atoms with Crippen LogP contribution in [0.2, 0.25) is 0 Å². The molecule has 0 bridgehead atoms. The number of aromatic nitrogens is 3. The zero-order chi connectivity index (χ0) is 15.5. The SMILES string of the molecule is Cc1c(C(=O)NC2CCC(N)CC2)nnn1-c1ccccc1. The van der Waals surface area contributed by atoms with Crippen LogP contribution in [0.1, 0.15) is 41.9 Å². The predicted molar refractivity (Wildman–Crippen MR) is 83.8 cm³/mol. The van der Waals surface area contributed by atoms with Crippen molar-refractivity contribution >= 4 is 5.91 Å². The highest BCUT2D eigenvalue weighted by Crippen LogP contribution is 2.18. The predicted octanol–water partition coefficient (Wildman–Crippen LogP) is 1.58. The van der Waals surface area contributed by atoms with E-state index >= 15 is 0 Å². The Bertz CT molecular complexity index is 644. The Hall–Kier alpha value is -2.21. The molecule has 6 nitrogen and oxygen atoms in total. The van der Waals surface area contributed by atoms with Gasteiger partial charge in [0.15, 0.2) is 5.69 Å². The van der Waals surface area contributed by atoms with Gasteiger partial charge in [0, 0.05) is 12.1 Å². The maximum absolute atomic E-state index is 12.4. The summed E-state index contributed by atoms with van der Waals surface area (Å²) in [6.45, 7) is 1.86. The van der Waals surface area contributed by atoms with E-state index in [-0.39, 0.29) is 18.0 Å². The third-order valence-electron chi connectivity index (χ3n) is 4.22. The van der Waals surface area contributed by atoms with Gasteiger partial charge in [0.1, 0.15) is 0 Å². The lowest BCUT2D eigenvalue weighted by Crippen LogP contribution is -2.40. The van der Waals surface area contributed by atoms with Gasteiger partial charge in [-0.15, -0.1) is 5.10 Å². The molecule has 1 aliphatic carbocycles. The number of nitrogens with zero attached hydrogens (tertiary/aromatic N) is 3. The number of carbonyl (C=O) groups excluding carboxylic acids is 1. The number of nitrogens with two attached hydrogens (primary N) is 1. The molecular formula is C16H21N5O. The Balaban J connectivity index is 1.73. The fourth-order valence-electron chi connectivity index (χ4n) is 2.87. The number of amides is 1. The Morgan fingerprint density at radius 2 is 1.91 bits per heavy atom. The molecule has 0 atom stereocenters. The number of rotatable bonds is 3. The number of hydrogen-bond donors (Lipinski definition) is 2. The highest BCUT2D eigenvalue weighted by atomic mass is 16.2. The summed E-state index contributed by atoms with van der Waals surface area (Å²) >= 11 is 0. The third kappa shape index (κ3) is 3.01. The lowest BCUT2D eigenvalue weighted by atomic mass is 9.92. The Morgan fingerprint density at radius 1 is 1.23 bits per heavy atom. The highest BCUT2D eigenvalue weighted by Gasteiger charge is 2.23. The molecule has 3 rings (SSSR count). The summed E-state index contributed by atoms with van der Waals surface area (Å²) < 4.78 is 1.69. The van der Waals surface area contributed by atoms with Crippen molar-refractivity contribution in [3.8, 4) is 5.69 Å². The second-order valence-corrected chi connectivity index (χ2v) is 5.86. The molecule has 0 saturated heterocycles. The quantitative estimate of drug-likeness (QED) is 0.901. The van der Waals surface area contributed by atoms with Crippen molar-refractivity contribution in [3.63, 3.8) is 0 Å². The third-order valence-corrected chi connectivity index (χ3v) is 4.22. The van der Waals surface area contributed by atoms with Crippen LogP contribution in [0.4, 0.5) is 0 Å². The minimum Gasteiger partial charge on any atom is -0.348 e. The van der Waals surface area contributed by atoms with Gasteiger partial charge < -0.3 is 11.1 Å². The highest BCUT2D eigenvalue weighted by molar-refractivity contribution is 5.93. The van der Waals surface area contributed by atoms with E-state index in [2.05, 4.69) is 15.6 Å². The number of para-hydroxylation sites is 1. The number of carbonyl (C=O) groups is 1. The molecular weight excluding hydrogens is 278 g/mol. The number of benzene rings is 1. The van der Waals surface area contributed by atoms with Crippen LogP contribution < -0.4 is 11.1 Å². The van der Waals surface area contributed by atoms with Crippen molar-refractivity contribution in [2.45, 2.75) is 44.7 Å². The van der Waals surface area contributed by atoms with Crippen LogP contribution in [0.15, 0.2) is 30.3 Å². The largest absolute Gasteiger partial charge is 0.348 e. The molecule has 0 radical (unpaired) electrons. The summed E-state index contributed by atoms with van der Waals surface area (Å²) in [5.41, 5.74) is 7.92. The molecule has 2 aromatic rings. The molecule has 0 unspecified atom stereocenters. The summed E-state index contributed by atoms with van der Waals surface area (Å²) in [7, 11) is 0. The zero-order valence-electron chi connectivity index (χ0n) is 12.7. The average Bonchev–Trinajstić information content (AvgIpc) is 2.92. The first kappa shape index (κ1) is 14.7. The van der Waals surface area contributed by atoms with Gasteiger partial charge in [-0.3, -0.25) is 4.79 Å². The van der Waals surface area contributed by atoms with E-state index in [1.807, 2.05) is 37.3 Å². The van der Waals surface area contributed by atoms with E-state index in [4.69, 9.17) is 5.73 Å². The van der Waals surface area contributed by atoms with Crippen LogP contribution in [0.5, 0.6) is 0 Å². The second-order valence-electron chi connectivity index (χ2n) is 5.86. The van der Waals surface area contributed by atoms with Crippen molar-refractivity contribution in [3.05, 3.63) is 41.7 Å². The van der Waals surface area contributed by atoms with Crippen molar-refractivity contribution in [1.29, 1.82) is 0 Å². The second kappa shape index (κ2) is 6.27. The monoisotopic (exact) mass is 299 g/mol. The molecule has 6 heteroatoms. The lowest BCUT2D eigenvalue weighted by molar-refractivity contribution is 0.0920. The van der Waals surface area contributed by atoms with Gasteiger partial charge in [-0.25, -0.2) is 4.68 Å². The van der Waals surface area contributed by atoms with Gasteiger partial charge in [-0.05, 0) is 44.7 Å². The first-order valence-corrected chi connectivity index (χ1v) is 7.69. The van der Waals surface area contributed by atoms with Crippen LogP contribution in [0.25, 0.3) is 5.69 Å². The first-order valence-electron chi connectivity index (χ1n) is 7.69. The van der Waals surface area contributed by atoms with Crippen molar-refractivity contribution in [2.24, 2.45) is 5.73 Å². The van der Waals surface area contributed by atoms with Gasteiger partial charge in [0.05, 0.1) is 11.4 Å². The molecule has 1 saturated carbocycles. The standard InChI is InChI=1S/C16H21N5O/c1-11-15(16(22)18-13-9-7-12(17)8-10-13)19-20-21(11)14-5-3-2-4-6-14/h2-6,12-13H,7-10,17H2,1H3,(H,18,22). The Morgan fingerprint density at radius 3 is 2.59 bits per heavy atom. The summed E-state index contributed by atoms with van der Waals surface area (Å²) in [6, 6.07) is 10.1. The average molecular weight is 299 g/mol. The molecule has 116 valence electrons. The lowest BCUT2D eigenvalue weighted by Gasteiger charge is -2.26. The first-order chi connectivity index (χ1) is 10.6. The normalized spacial score (nSPS) is 21.5. The zero-order valence-corrected chi connectivity index (χ0v) is 12.7. The molecule has 1 amide bonds. The molecule has 3 N–H and O–H groups in total. The van der Waals surface area contributed by atoms with Crippen LogP contribution in [-0.2, 0) is 0 Å². The van der Waals surface area contributed by atoms with E-state index < -0.39 is 0 Å². The molecule has 1 heterocycles. The molecule has 1 aromatic carbocycles. The molecule has 22 heavy (non-hydrogen) atoms. The van der Waals surface area contributed by atoms with Crippen LogP contribution >= 0.6 is 0 Å². The topological polar surface area (TPSA) is 85.8 Å². The van der Waals surface area contributed by atoms with Gasteiger partial charge in [0.2, 0.25) is 0 Å². The van der Waals surface area contributed by atoms with E-state index in [1.165, 1.54) is 0 Å². The van der Waals surface area contributed by atoms with E-state index in [1.54, 1.807) is 4.68 Å². The minimum atomic E-state index is -0.153. The fraction of sp³-hybridized carbons (Fsp3) is 0.438. The summed E-state index contributed by atoms with van der Waals surface area (Å²) in [4.78, 5) is 12.4.